The van der Waals surface area contributed by atoms with Gasteiger partial charge < -0.3 is 10.4 Å². The molecule has 0 unspecified atom stereocenters. The molecule has 0 atom stereocenters. The second kappa shape index (κ2) is 6.03. The van der Waals surface area contributed by atoms with E-state index in [1.807, 2.05) is 30.3 Å². The summed E-state index contributed by atoms with van der Waals surface area (Å²) in [6.07, 6.45) is 4.76. The molecule has 3 heterocycles. The zero-order valence-electron chi connectivity index (χ0n) is 12.8. The van der Waals surface area contributed by atoms with Crippen molar-refractivity contribution in [1.29, 1.82) is 0 Å². The van der Waals surface area contributed by atoms with Crippen LogP contribution >= 0.6 is 11.6 Å². The molecule has 0 radical (unpaired) electrons. The summed E-state index contributed by atoms with van der Waals surface area (Å²) in [4.78, 5) is 23.9. The van der Waals surface area contributed by atoms with Gasteiger partial charge in [0, 0.05) is 23.2 Å². The summed E-state index contributed by atoms with van der Waals surface area (Å²) in [5, 5.41) is 14.0. The molecule has 25 heavy (non-hydrogen) atoms. The Balaban J connectivity index is 1.83. The van der Waals surface area contributed by atoms with Gasteiger partial charge in [-0.15, -0.1) is 0 Å². The SMILES string of the molecule is O=C(O)c1ncn2c1nc(NCc1cccc(Cl)c1)c1ccncc12. The highest BCUT2D eigenvalue weighted by Crippen LogP contribution is 2.24. The Morgan fingerprint density at radius 3 is 3.00 bits per heavy atom. The number of anilines is 1. The molecule has 0 saturated carbocycles. The van der Waals surface area contributed by atoms with Crippen LogP contribution in [-0.2, 0) is 6.54 Å². The standard InChI is InChI=1S/C17H12ClN5O2/c18-11-3-1-2-10(6-11)7-20-15-12-4-5-19-8-13(12)23-9-21-14(17(24)25)16(23)22-15/h1-6,8-9H,7H2,(H,20,22)(H,24,25). The van der Waals surface area contributed by atoms with Crippen molar-refractivity contribution >= 4 is 39.9 Å². The second-order valence-electron chi connectivity index (χ2n) is 5.43. The minimum absolute atomic E-state index is 0.100. The number of fused-ring (bicyclic) bond motifs is 3. The van der Waals surface area contributed by atoms with Crippen molar-refractivity contribution in [3.63, 3.8) is 0 Å². The number of nitrogens with one attached hydrogen (secondary N) is 1. The number of carboxylic acids is 1. The number of hydrogen-bond acceptors (Lipinski definition) is 5. The van der Waals surface area contributed by atoms with Crippen LogP contribution in [0.15, 0.2) is 49.1 Å². The van der Waals surface area contributed by atoms with E-state index in [9.17, 15) is 9.90 Å². The average Bonchev–Trinajstić information content (AvgIpc) is 3.04. The first kappa shape index (κ1) is 15.3. The molecule has 7 nitrogen and oxygen atoms in total. The van der Waals surface area contributed by atoms with Gasteiger partial charge in [0.15, 0.2) is 11.3 Å². The van der Waals surface area contributed by atoms with Crippen LogP contribution in [0.4, 0.5) is 5.82 Å². The fourth-order valence-corrected chi connectivity index (χ4v) is 2.90. The lowest BCUT2D eigenvalue weighted by Crippen LogP contribution is -2.06. The second-order valence-corrected chi connectivity index (χ2v) is 5.87. The average molecular weight is 354 g/mol. The fraction of sp³-hybridized carbons (Fsp3) is 0.0588. The summed E-state index contributed by atoms with van der Waals surface area (Å²) in [6, 6.07) is 9.31. The third kappa shape index (κ3) is 2.74. The number of nitrogens with zero attached hydrogens (tertiary/aromatic N) is 4. The van der Waals surface area contributed by atoms with E-state index in [1.165, 1.54) is 6.33 Å². The third-order valence-corrected chi connectivity index (χ3v) is 4.06. The van der Waals surface area contributed by atoms with E-state index in [-0.39, 0.29) is 11.3 Å². The van der Waals surface area contributed by atoms with Gasteiger partial charge in [0.25, 0.3) is 0 Å². The molecule has 0 aliphatic rings. The Kier molecular flexibility index (Phi) is 3.70. The van der Waals surface area contributed by atoms with Gasteiger partial charge in [-0.25, -0.2) is 14.8 Å². The monoisotopic (exact) mass is 353 g/mol. The Labute approximate surface area is 146 Å². The lowest BCUT2D eigenvalue weighted by molar-refractivity contribution is 0.0693. The minimum atomic E-state index is -1.13. The zero-order chi connectivity index (χ0) is 17.4. The Morgan fingerprint density at radius 1 is 1.32 bits per heavy atom. The molecule has 0 fully saturated rings. The van der Waals surface area contributed by atoms with E-state index in [1.54, 1.807) is 16.8 Å². The number of imidazole rings is 1. The van der Waals surface area contributed by atoms with E-state index < -0.39 is 5.97 Å². The summed E-state index contributed by atoms with van der Waals surface area (Å²) in [6.45, 7) is 0.498. The minimum Gasteiger partial charge on any atom is -0.476 e. The molecule has 0 bridgehead atoms. The van der Waals surface area contributed by atoms with Gasteiger partial charge >= 0.3 is 5.97 Å². The highest BCUT2D eigenvalue weighted by atomic mass is 35.5. The number of benzene rings is 1. The molecule has 4 rings (SSSR count). The van der Waals surface area contributed by atoms with Gasteiger partial charge in [-0.3, -0.25) is 9.38 Å². The predicted octanol–water partition coefficient (Wildman–Crippen LogP) is 3.24. The van der Waals surface area contributed by atoms with Gasteiger partial charge in [0.05, 0.1) is 11.7 Å². The van der Waals surface area contributed by atoms with Crippen LogP contribution in [0, 0.1) is 0 Å². The lowest BCUT2D eigenvalue weighted by atomic mass is 10.2. The maximum Gasteiger partial charge on any atom is 0.358 e. The summed E-state index contributed by atoms with van der Waals surface area (Å²) in [7, 11) is 0. The van der Waals surface area contributed by atoms with E-state index in [2.05, 4.69) is 20.3 Å². The van der Waals surface area contributed by atoms with Gasteiger partial charge in [-0.2, -0.15) is 0 Å². The number of hydrogen-bond donors (Lipinski definition) is 2. The maximum absolute atomic E-state index is 11.4. The number of carbonyl (C=O) groups is 1. The van der Waals surface area contributed by atoms with Crippen LogP contribution in [0.2, 0.25) is 5.02 Å². The third-order valence-electron chi connectivity index (χ3n) is 3.83. The van der Waals surface area contributed by atoms with Gasteiger partial charge in [0.1, 0.15) is 12.1 Å². The van der Waals surface area contributed by atoms with Crippen LogP contribution < -0.4 is 5.32 Å². The van der Waals surface area contributed by atoms with Crippen molar-refractivity contribution in [3.05, 3.63) is 65.3 Å². The van der Waals surface area contributed by atoms with Crippen molar-refractivity contribution in [2.24, 2.45) is 0 Å². The van der Waals surface area contributed by atoms with E-state index in [0.29, 0.717) is 17.4 Å². The molecule has 124 valence electrons. The molecule has 0 amide bonds. The molecule has 3 aromatic heterocycles. The quantitative estimate of drug-likeness (QED) is 0.585. The predicted molar refractivity (Wildman–Crippen MR) is 94.0 cm³/mol. The van der Waals surface area contributed by atoms with Crippen molar-refractivity contribution in [3.8, 4) is 0 Å². The summed E-state index contributed by atoms with van der Waals surface area (Å²) in [5.74, 6) is -0.563. The van der Waals surface area contributed by atoms with Crippen LogP contribution in [0.1, 0.15) is 16.1 Å². The van der Waals surface area contributed by atoms with Gasteiger partial charge in [-0.1, -0.05) is 23.7 Å². The maximum atomic E-state index is 11.4. The molecular formula is C17H12ClN5O2. The molecule has 0 aliphatic carbocycles. The highest BCUT2D eigenvalue weighted by molar-refractivity contribution is 6.30. The van der Waals surface area contributed by atoms with Crippen molar-refractivity contribution in [2.75, 3.05) is 5.32 Å². The van der Waals surface area contributed by atoms with Crippen molar-refractivity contribution in [2.45, 2.75) is 6.54 Å². The Morgan fingerprint density at radius 2 is 2.20 bits per heavy atom. The number of aromatic nitrogens is 4. The van der Waals surface area contributed by atoms with Crippen LogP contribution in [-0.4, -0.2) is 30.4 Å². The van der Waals surface area contributed by atoms with E-state index in [4.69, 9.17) is 11.6 Å². The first-order chi connectivity index (χ1) is 12.1. The number of halogens is 1. The van der Waals surface area contributed by atoms with Crippen LogP contribution in [0.25, 0.3) is 16.6 Å². The van der Waals surface area contributed by atoms with Crippen molar-refractivity contribution in [1.82, 2.24) is 19.4 Å². The summed E-state index contributed by atoms with van der Waals surface area (Å²) >= 11 is 6.01. The molecule has 8 heteroatoms. The number of carboxylic acid groups (broad SMARTS) is 1. The van der Waals surface area contributed by atoms with Crippen LogP contribution in [0.3, 0.4) is 0 Å². The molecule has 2 N–H and O–H groups in total. The molecule has 0 spiro atoms. The molecule has 4 aromatic rings. The van der Waals surface area contributed by atoms with Crippen molar-refractivity contribution < 1.29 is 9.90 Å². The largest absolute Gasteiger partial charge is 0.476 e. The summed E-state index contributed by atoms with van der Waals surface area (Å²) in [5.41, 5.74) is 1.88. The molecular weight excluding hydrogens is 342 g/mol. The van der Waals surface area contributed by atoms with Crippen LogP contribution in [0.5, 0.6) is 0 Å². The molecule has 1 aromatic carbocycles. The zero-order valence-corrected chi connectivity index (χ0v) is 13.6. The Hall–Kier alpha value is -3.19. The highest BCUT2D eigenvalue weighted by Gasteiger charge is 2.17. The lowest BCUT2D eigenvalue weighted by Gasteiger charge is -2.11. The number of aromatic carboxylic acids is 1. The molecule has 0 aliphatic heterocycles. The number of rotatable bonds is 4. The molecule has 0 saturated heterocycles. The first-order valence-corrected chi connectivity index (χ1v) is 7.83. The number of pyridine rings is 1. The topological polar surface area (TPSA) is 92.4 Å². The smallest absolute Gasteiger partial charge is 0.358 e. The van der Waals surface area contributed by atoms with E-state index >= 15 is 0 Å². The van der Waals surface area contributed by atoms with Gasteiger partial charge in [-0.05, 0) is 23.8 Å². The fourth-order valence-electron chi connectivity index (χ4n) is 2.69. The first-order valence-electron chi connectivity index (χ1n) is 7.46. The normalized spacial score (nSPS) is 11.1. The Bertz CT molecular complexity index is 1110. The van der Waals surface area contributed by atoms with E-state index in [0.717, 1.165) is 16.5 Å². The van der Waals surface area contributed by atoms with Gasteiger partial charge in [0.2, 0.25) is 0 Å². The summed E-state index contributed by atoms with van der Waals surface area (Å²) < 4.78 is 1.62.